The lowest BCUT2D eigenvalue weighted by molar-refractivity contribution is 0.0901. The number of hydrogen-bond acceptors (Lipinski definition) is 4. The van der Waals surface area contributed by atoms with Crippen LogP contribution in [0.5, 0.6) is 0 Å². The number of rotatable bonds is 6. The van der Waals surface area contributed by atoms with E-state index in [0.717, 1.165) is 37.8 Å². The minimum atomic E-state index is -0.196. The van der Waals surface area contributed by atoms with E-state index in [9.17, 15) is 4.79 Å². The van der Waals surface area contributed by atoms with Crippen molar-refractivity contribution in [2.75, 3.05) is 0 Å². The number of fused-ring (bicyclic) bond motifs is 1. The second kappa shape index (κ2) is 8.23. The van der Waals surface area contributed by atoms with Gasteiger partial charge in [0.05, 0.1) is 24.5 Å². The summed E-state index contributed by atoms with van der Waals surface area (Å²) in [5.41, 5.74) is 4.19. The molecule has 1 aliphatic rings. The third kappa shape index (κ3) is 4.26. The van der Waals surface area contributed by atoms with Gasteiger partial charge in [0.2, 0.25) is 5.76 Å². The Kier molecular flexibility index (Phi) is 5.51. The molecule has 4 rings (SSSR count). The minimum absolute atomic E-state index is 0.0474. The highest BCUT2D eigenvalue weighted by molar-refractivity contribution is 5.92. The first kappa shape index (κ1) is 19.4. The second-order valence-corrected chi connectivity index (χ2v) is 8.23. The highest BCUT2D eigenvalue weighted by Gasteiger charge is 2.28. The molecule has 0 saturated carbocycles. The van der Waals surface area contributed by atoms with Gasteiger partial charge in [-0.15, -0.1) is 0 Å². The first-order valence-electron chi connectivity index (χ1n) is 10.4. The van der Waals surface area contributed by atoms with Gasteiger partial charge in [0.1, 0.15) is 0 Å². The molecule has 1 N–H and O–H groups in total. The molecule has 0 fully saturated rings. The molecule has 1 aliphatic carbocycles. The average Bonchev–Trinajstić information content (AvgIpc) is 3.26. The average molecular weight is 393 g/mol. The van der Waals surface area contributed by atoms with Gasteiger partial charge in [-0.3, -0.25) is 9.48 Å². The maximum absolute atomic E-state index is 12.9. The molecule has 0 unspecified atom stereocenters. The number of aryl methyl sites for hydroxylation is 1. The first-order valence-corrected chi connectivity index (χ1v) is 10.4. The van der Waals surface area contributed by atoms with Crippen LogP contribution in [0.15, 0.2) is 40.9 Å². The van der Waals surface area contributed by atoms with E-state index < -0.39 is 0 Å². The lowest BCUT2D eigenvalue weighted by Gasteiger charge is -2.24. The van der Waals surface area contributed by atoms with E-state index >= 15 is 0 Å². The van der Waals surface area contributed by atoms with Crippen molar-refractivity contribution in [3.63, 3.8) is 0 Å². The minimum Gasteiger partial charge on any atom is -0.435 e. The van der Waals surface area contributed by atoms with Gasteiger partial charge in [-0.2, -0.15) is 5.10 Å². The lowest BCUT2D eigenvalue weighted by atomic mass is 9.92. The van der Waals surface area contributed by atoms with Gasteiger partial charge < -0.3 is 9.73 Å². The van der Waals surface area contributed by atoms with Crippen LogP contribution in [0.3, 0.4) is 0 Å². The maximum atomic E-state index is 12.9. The van der Waals surface area contributed by atoms with E-state index in [-0.39, 0.29) is 11.9 Å². The summed E-state index contributed by atoms with van der Waals surface area (Å²) in [4.78, 5) is 17.3. The molecule has 0 spiro atoms. The number of nitrogens with one attached hydrogen (secondary N) is 1. The standard InChI is InChI=1S/C23H28N4O2/c1-15(2)12-21-25-16(3)22(29-21)23(28)26-19-10-7-11-20-18(19)13-24-27(20)14-17-8-5-4-6-9-17/h4-6,8-9,13,15,19H,7,10-12,14H2,1-3H3,(H,26,28)/t19-/m1/s1. The van der Waals surface area contributed by atoms with Gasteiger partial charge in [-0.1, -0.05) is 44.2 Å². The van der Waals surface area contributed by atoms with Crippen molar-refractivity contribution < 1.29 is 9.21 Å². The molecule has 6 nitrogen and oxygen atoms in total. The van der Waals surface area contributed by atoms with Crippen LogP contribution in [0.25, 0.3) is 0 Å². The molecule has 0 bridgehead atoms. The van der Waals surface area contributed by atoms with E-state index in [1.807, 2.05) is 31.3 Å². The van der Waals surface area contributed by atoms with Gasteiger partial charge >= 0.3 is 0 Å². The summed E-state index contributed by atoms with van der Waals surface area (Å²) in [6, 6.07) is 10.3. The van der Waals surface area contributed by atoms with Crippen molar-refractivity contribution in [1.29, 1.82) is 0 Å². The molecule has 1 amide bonds. The van der Waals surface area contributed by atoms with E-state index in [1.165, 1.54) is 11.3 Å². The molecule has 1 aromatic carbocycles. The summed E-state index contributed by atoms with van der Waals surface area (Å²) in [5.74, 6) is 1.19. The van der Waals surface area contributed by atoms with Crippen LogP contribution in [0.4, 0.5) is 0 Å². The van der Waals surface area contributed by atoms with E-state index in [1.54, 1.807) is 0 Å². The molecule has 0 radical (unpaired) electrons. The molecule has 2 heterocycles. The summed E-state index contributed by atoms with van der Waals surface area (Å²) in [5, 5.41) is 7.76. The Morgan fingerprint density at radius 2 is 2.10 bits per heavy atom. The number of amides is 1. The zero-order valence-electron chi connectivity index (χ0n) is 17.3. The van der Waals surface area contributed by atoms with Crippen LogP contribution in [0.1, 0.15) is 71.7 Å². The van der Waals surface area contributed by atoms with Gasteiger partial charge in [-0.05, 0) is 37.7 Å². The predicted octanol–water partition coefficient (Wildman–Crippen LogP) is 4.23. The summed E-state index contributed by atoms with van der Waals surface area (Å²) < 4.78 is 7.82. The summed E-state index contributed by atoms with van der Waals surface area (Å²) in [7, 11) is 0. The highest BCUT2D eigenvalue weighted by atomic mass is 16.4. The normalized spacial score (nSPS) is 16.1. The van der Waals surface area contributed by atoms with Crippen molar-refractivity contribution in [1.82, 2.24) is 20.1 Å². The number of benzene rings is 1. The Bertz CT molecular complexity index is 988. The largest absolute Gasteiger partial charge is 0.435 e. The number of oxazole rings is 1. The Balaban J connectivity index is 1.50. The number of hydrogen-bond donors (Lipinski definition) is 1. The number of carbonyl (C=O) groups excluding carboxylic acids is 1. The number of aromatic nitrogens is 3. The third-order valence-corrected chi connectivity index (χ3v) is 5.37. The van der Waals surface area contributed by atoms with Crippen LogP contribution in [0, 0.1) is 12.8 Å². The van der Waals surface area contributed by atoms with Crippen LogP contribution in [0.2, 0.25) is 0 Å². The predicted molar refractivity (Wildman–Crippen MR) is 111 cm³/mol. The second-order valence-electron chi connectivity index (χ2n) is 8.23. The Morgan fingerprint density at radius 3 is 2.86 bits per heavy atom. The van der Waals surface area contributed by atoms with Gasteiger partial charge in [0.15, 0.2) is 5.89 Å². The smallest absolute Gasteiger partial charge is 0.289 e. The third-order valence-electron chi connectivity index (χ3n) is 5.37. The Morgan fingerprint density at radius 1 is 1.31 bits per heavy atom. The molecular formula is C23H28N4O2. The van der Waals surface area contributed by atoms with Crippen molar-refractivity contribution in [3.8, 4) is 0 Å². The molecule has 0 aliphatic heterocycles. The summed E-state index contributed by atoms with van der Waals surface area (Å²) >= 11 is 0. The topological polar surface area (TPSA) is 73.0 Å². The molecule has 29 heavy (non-hydrogen) atoms. The fourth-order valence-corrected chi connectivity index (χ4v) is 3.98. The number of nitrogens with zero attached hydrogens (tertiary/aromatic N) is 3. The van der Waals surface area contributed by atoms with Crippen LogP contribution in [-0.2, 0) is 19.4 Å². The molecule has 3 aromatic rings. The SMILES string of the molecule is Cc1nc(CC(C)C)oc1C(=O)N[C@@H]1CCCc2c1cnn2Cc1ccccc1. The summed E-state index contributed by atoms with van der Waals surface area (Å²) in [6.45, 7) is 6.79. The van der Waals surface area contributed by atoms with Crippen LogP contribution >= 0.6 is 0 Å². The number of carbonyl (C=O) groups is 1. The van der Waals surface area contributed by atoms with Gasteiger partial charge in [-0.25, -0.2) is 4.98 Å². The Hall–Kier alpha value is -2.89. The highest BCUT2D eigenvalue weighted by Crippen LogP contribution is 2.30. The zero-order chi connectivity index (χ0) is 20.4. The Labute approximate surface area is 171 Å². The monoisotopic (exact) mass is 392 g/mol. The van der Waals surface area contributed by atoms with Crippen molar-refractivity contribution in [2.24, 2.45) is 5.92 Å². The van der Waals surface area contributed by atoms with E-state index in [4.69, 9.17) is 4.42 Å². The fraction of sp³-hybridized carbons (Fsp3) is 0.435. The van der Waals surface area contributed by atoms with Crippen LogP contribution in [-0.4, -0.2) is 20.7 Å². The first-order chi connectivity index (χ1) is 14.0. The molecular weight excluding hydrogens is 364 g/mol. The summed E-state index contributed by atoms with van der Waals surface area (Å²) in [6.07, 6.45) is 5.54. The van der Waals surface area contributed by atoms with Crippen LogP contribution < -0.4 is 5.32 Å². The fourth-order valence-electron chi connectivity index (χ4n) is 3.98. The lowest BCUT2D eigenvalue weighted by Crippen LogP contribution is -2.31. The van der Waals surface area contributed by atoms with Crippen molar-refractivity contribution in [2.45, 2.75) is 59.0 Å². The molecule has 0 saturated heterocycles. The maximum Gasteiger partial charge on any atom is 0.289 e. The van der Waals surface area contributed by atoms with E-state index in [0.29, 0.717) is 23.3 Å². The molecule has 152 valence electrons. The van der Waals surface area contributed by atoms with Gasteiger partial charge in [0, 0.05) is 17.7 Å². The molecule has 1 atom stereocenters. The molecule has 6 heteroatoms. The van der Waals surface area contributed by atoms with Crippen molar-refractivity contribution >= 4 is 5.91 Å². The van der Waals surface area contributed by atoms with Crippen molar-refractivity contribution in [3.05, 3.63) is 70.7 Å². The zero-order valence-corrected chi connectivity index (χ0v) is 17.3. The molecule has 2 aromatic heterocycles. The quantitative estimate of drug-likeness (QED) is 0.681. The van der Waals surface area contributed by atoms with E-state index in [2.05, 4.69) is 46.1 Å². The van der Waals surface area contributed by atoms with Gasteiger partial charge in [0.25, 0.3) is 5.91 Å².